The van der Waals surface area contributed by atoms with Gasteiger partial charge in [-0.15, -0.1) is 0 Å². The summed E-state index contributed by atoms with van der Waals surface area (Å²) in [6.07, 6.45) is 10.9. The molecule has 2 atom stereocenters. The molecule has 7 nitrogen and oxygen atoms in total. The molecule has 4 heterocycles. The van der Waals surface area contributed by atoms with Crippen LogP contribution in [-0.2, 0) is 17.6 Å². The molecule has 186 valence electrons. The average molecular weight is 492 g/mol. The Hall–Kier alpha value is -4.26. The number of carboxylic acids is 1. The summed E-state index contributed by atoms with van der Waals surface area (Å²) in [5.74, 6) is 0.163. The van der Waals surface area contributed by atoms with Gasteiger partial charge in [-0.3, -0.25) is 14.5 Å². The van der Waals surface area contributed by atoms with Crippen LogP contribution in [0.5, 0.6) is 0 Å². The molecular weight excluding hydrogens is 462 g/mol. The zero-order valence-corrected chi connectivity index (χ0v) is 20.5. The highest BCUT2D eigenvalue weighted by atomic mass is 16.4. The highest BCUT2D eigenvalue weighted by Gasteiger charge is 2.21. The minimum Gasteiger partial charge on any atom is -0.481 e. The predicted molar refractivity (Wildman–Crippen MR) is 145 cm³/mol. The van der Waals surface area contributed by atoms with Crippen molar-refractivity contribution in [3.63, 3.8) is 0 Å². The summed E-state index contributed by atoms with van der Waals surface area (Å²) in [5.41, 5.74) is 5.16. The lowest BCUT2D eigenvalue weighted by Gasteiger charge is -2.26. The van der Waals surface area contributed by atoms with Crippen LogP contribution in [-0.4, -0.2) is 36.9 Å². The molecule has 1 aliphatic rings. The summed E-state index contributed by atoms with van der Waals surface area (Å²) >= 11 is 0. The number of pyridine rings is 2. The molecule has 3 aromatic heterocycles. The Balaban J connectivity index is 1.17. The lowest BCUT2D eigenvalue weighted by Crippen LogP contribution is -2.26. The van der Waals surface area contributed by atoms with Gasteiger partial charge in [-0.05, 0) is 73.1 Å². The van der Waals surface area contributed by atoms with Crippen LogP contribution in [0.2, 0.25) is 0 Å². The number of rotatable bonds is 8. The number of aromatic nitrogens is 4. The summed E-state index contributed by atoms with van der Waals surface area (Å²) in [7, 11) is 0. The number of nitrogens with zero attached hydrogens (tertiary/aromatic N) is 4. The van der Waals surface area contributed by atoms with Gasteiger partial charge in [0.1, 0.15) is 5.82 Å². The molecule has 2 N–H and O–H groups in total. The topological polar surface area (TPSA) is 92.9 Å². The number of anilines is 1. The zero-order valence-electron chi connectivity index (χ0n) is 20.5. The van der Waals surface area contributed by atoms with E-state index in [-0.39, 0.29) is 6.42 Å². The van der Waals surface area contributed by atoms with E-state index in [9.17, 15) is 9.90 Å². The van der Waals surface area contributed by atoms with Crippen LogP contribution in [0.4, 0.5) is 5.82 Å². The largest absolute Gasteiger partial charge is 0.481 e. The van der Waals surface area contributed by atoms with Crippen molar-refractivity contribution in [2.75, 3.05) is 5.32 Å². The lowest BCUT2D eigenvalue weighted by atomic mass is 9.96. The number of benzene rings is 2. The van der Waals surface area contributed by atoms with Crippen molar-refractivity contribution < 1.29 is 9.90 Å². The maximum absolute atomic E-state index is 11.7. The van der Waals surface area contributed by atoms with Gasteiger partial charge in [-0.25, -0.2) is 4.98 Å². The molecule has 6 rings (SSSR count). The van der Waals surface area contributed by atoms with Gasteiger partial charge in [0.2, 0.25) is 0 Å². The van der Waals surface area contributed by atoms with Crippen molar-refractivity contribution >= 4 is 33.6 Å². The molecule has 0 saturated carbocycles. The first-order valence-corrected chi connectivity index (χ1v) is 12.9. The Kier molecular flexibility index (Phi) is 6.26. The van der Waals surface area contributed by atoms with E-state index < -0.39 is 12.0 Å². The second kappa shape index (κ2) is 10.0. The van der Waals surface area contributed by atoms with E-state index >= 15 is 0 Å². The van der Waals surface area contributed by atoms with Crippen LogP contribution < -0.4 is 5.32 Å². The van der Waals surface area contributed by atoms with Crippen LogP contribution in [0.3, 0.4) is 0 Å². The highest BCUT2D eigenvalue weighted by molar-refractivity contribution is 5.80. The number of aliphatic carboxylic acids is 1. The maximum Gasteiger partial charge on any atom is 0.305 e. The number of nitrogens with one attached hydrogen (secondary N) is 1. The number of carboxylic acid groups (broad SMARTS) is 1. The van der Waals surface area contributed by atoms with Crippen LogP contribution >= 0.6 is 0 Å². The average Bonchev–Trinajstić information content (AvgIpc) is 3.34. The Morgan fingerprint density at radius 2 is 1.97 bits per heavy atom. The van der Waals surface area contributed by atoms with Crippen molar-refractivity contribution in [1.29, 1.82) is 0 Å². The summed E-state index contributed by atoms with van der Waals surface area (Å²) in [4.78, 5) is 20.8. The quantitative estimate of drug-likeness (QED) is 0.285. The molecule has 0 spiro atoms. The van der Waals surface area contributed by atoms with E-state index in [0.29, 0.717) is 6.04 Å². The van der Waals surface area contributed by atoms with Gasteiger partial charge >= 0.3 is 5.97 Å². The van der Waals surface area contributed by atoms with Crippen molar-refractivity contribution in [2.45, 2.75) is 50.6 Å². The van der Waals surface area contributed by atoms with Crippen LogP contribution in [0, 0.1) is 0 Å². The Labute approximate surface area is 215 Å². The van der Waals surface area contributed by atoms with Crippen molar-refractivity contribution in [2.24, 2.45) is 0 Å². The molecule has 0 fully saturated rings. The fraction of sp³-hybridized carbons (Fsp3) is 0.267. The fourth-order valence-electron chi connectivity index (χ4n) is 5.33. The standard InChI is InChI=1S/C30H29N5O2/c36-29(37)17-28(24-16-22-6-1-2-9-26(22)32-18-24)35-19-23-11-10-20(15-27(23)34-35)5-3-8-25-13-12-21-7-4-14-31-30(21)33-25/h1-2,4,6-7,9-11,14-16,18-19,25,28H,3,5,8,12-13,17H2,(H,31,33)(H,36,37). The monoisotopic (exact) mass is 491 g/mol. The molecule has 5 aromatic rings. The third-order valence-electron chi connectivity index (χ3n) is 7.29. The summed E-state index contributed by atoms with van der Waals surface area (Å²) < 4.78 is 1.78. The summed E-state index contributed by atoms with van der Waals surface area (Å²) in [5, 5.41) is 20.0. The summed E-state index contributed by atoms with van der Waals surface area (Å²) in [6.45, 7) is 0. The molecule has 0 bridgehead atoms. The van der Waals surface area contributed by atoms with Gasteiger partial charge in [0, 0.05) is 35.4 Å². The summed E-state index contributed by atoms with van der Waals surface area (Å²) in [6, 6.07) is 20.4. The third kappa shape index (κ3) is 5.03. The SMILES string of the molecule is O=C(O)CC(c1cnc2ccccc2c1)n1cc2ccc(CCCC3CCc4cccnc4N3)cc2n1. The fourth-order valence-corrected chi connectivity index (χ4v) is 5.33. The lowest BCUT2D eigenvalue weighted by molar-refractivity contribution is -0.137. The van der Waals surface area contributed by atoms with Crippen LogP contribution in [0.15, 0.2) is 79.3 Å². The Bertz CT molecular complexity index is 1580. The van der Waals surface area contributed by atoms with Gasteiger partial charge in [0.05, 0.1) is 23.5 Å². The minimum absolute atomic E-state index is 0.0623. The van der Waals surface area contributed by atoms with E-state index in [4.69, 9.17) is 5.10 Å². The molecule has 0 aliphatic carbocycles. The normalized spacial score (nSPS) is 15.8. The Morgan fingerprint density at radius 3 is 2.89 bits per heavy atom. The molecule has 0 saturated heterocycles. The number of aryl methyl sites for hydroxylation is 2. The minimum atomic E-state index is -0.868. The van der Waals surface area contributed by atoms with Gasteiger partial charge in [-0.1, -0.05) is 36.4 Å². The maximum atomic E-state index is 11.7. The molecule has 37 heavy (non-hydrogen) atoms. The Morgan fingerprint density at radius 1 is 1.05 bits per heavy atom. The van der Waals surface area contributed by atoms with Crippen molar-refractivity contribution in [3.05, 3.63) is 95.9 Å². The van der Waals surface area contributed by atoms with Crippen LogP contribution in [0.25, 0.3) is 21.8 Å². The molecule has 0 amide bonds. The molecule has 2 aromatic carbocycles. The number of carbonyl (C=O) groups is 1. The van der Waals surface area contributed by atoms with E-state index in [1.165, 1.54) is 11.1 Å². The van der Waals surface area contributed by atoms with Gasteiger partial charge in [0.15, 0.2) is 0 Å². The molecular formula is C30H29N5O2. The van der Waals surface area contributed by atoms with E-state index in [1.54, 1.807) is 10.9 Å². The highest BCUT2D eigenvalue weighted by Crippen LogP contribution is 2.28. The first-order valence-electron chi connectivity index (χ1n) is 12.9. The smallest absolute Gasteiger partial charge is 0.305 e. The molecule has 2 unspecified atom stereocenters. The third-order valence-corrected chi connectivity index (χ3v) is 7.29. The van der Waals surface area contributed by atoms with E-state index in [0.717, 1.165) is 65.3 Å². The van der Waals surface area contributed by atoms with Crippen molar-refractivity contribution in [1.82, 2.24) is 19.7 Å². The number of hydrogen-bond acceptors (Lipinski definition) is 5. The van der Waals surface area contributed by atoms with Crippen molar-refractivity contribution in [3.8, 4) is 0 Å². The first kappa shape index (κ1) is 23.2. The predicted octanol–water partition coefficient (Wildman–Crippen LogP) is 5.79. The van der Waals surface area contributed by atoms with Crippen LogP contribution in [0.1, 0.15) is 48.4 Å². The van der Waals surface area contributed by atoms with E-state index in [2.05, 4.69) is 39.6 Å². The molecule has 7 heteroatoms. The molecule has 0 radical (unpaired) electrons. The van der Waals surface area contributed by atoms with Gasteiger partial charge < -0.3 is 10.4 Å². The number of fused-ring (bicyclic) bond motifs is 3. The van der Waals surface area contributed by atoms with Gasteiger partial charge in [-0.2, -0.15) is 5.10 Å². The second-order valence-electron chi connectivity index (χ2n) is 9.86. The number of hydrogen-bond donors (Lipinski definition) is 2. The number of para-hydroxylation sites is 1. The molecule has 1 aliphatic heterocycles. The van der Waals surface area contributed by atoms with E-state index in [1.807, 2.05) is 48.8 Å². The second-order valence-corrected chi connectivity index (χ2v) is 9.86. The zero-order chi connectivity index (χ0) is 25.2. The first-order chi connectivity index (χ1) is 18.1. The van der Waals surface area contributed by atoms with Gasteiger partial charge in [0.25, 0.3) is 0 Å².